The standard InChI is InChI=1S/C9H18BrNO4S2/c1-16(12,13)6-7-17(14,15)11-5-3-9(8-11)2-4-10/h9H,2-8H2,1H3. The topological polar surface area (TPSA) is 71.5 Å². The van der Waals surface area contributed by atoms with E-state index in [2.05, 4.69) is 15.9 Å². The lowest BCUT2D eigenvalue weighted by atomic mass is 10.1. The number of hydrogen-bond acceptors (Lipinski definition) is 4. The molecule has 1 heterocycles. The van der Waals surface area contributed by atoms with Crippen LogP contribution in [0, 0.1) is 5.92 Å². The minimum absolute atomic E-state index is 0.297. The summed E-state index contributed by atoms with van der Waals surface area (Å²) in [6, 6.07) is 0. The van der Waals surface area contributed by atoms with Gasteiger partial charge < -0.3 is 0 Å². The second-order valence-electron chi connectivity index (χ2n) is 4.44. The van der Waals surface area contributed by atoms with E-state index in [0.717, 1.165) is 24.4 Å². The number of alkyl halides is 1. The summed E-state index contributed by atoms with van der Waals surface area (Å²) in [6.45, 7) is 1.04. The normalized spacial score (nSPS) is 23.1. The van der Waals surface area contributed by atoms with Crippen LogP contribution < -0.4 is 0 Å². The zero-order valence-corrected chi connectivity index (χ0v) is 13.0. The monoisotopic (exact) mass is 347 g/mol. The fourth-order valence-electron chi connectivity index (χ4n) is 1.83. The third kappa shape index (κ3) is 5.23. The fraction of sp³-hybridized carbons (Fsp3) is 1.00. The first kappa shape index (κ1) is 15.4. The predicted molar refractivity (Wildman–Crippen MR) is 71.6 cm³/mol. The molecule has 0 amide bonds. The van der Waals surface area contributed by atoms with Gasteiger partial charge >= 0.3 is 0 Å². The van der Waals surface area contributed by atoms with Crippen molar-refractivity contribution in [2.24, 2.45) is 5.92 Å². The van der Waals surface area contributed by atoms with Crippen LogP contribution in [0.15, 0.2) is 0 Å². The zero-order valence-electron chi connectivity index (χ0n) is 9.80. The van der Waals surface area contributed by atoms with Crippen LogP contribution >= 0.6 is 15.9 Å². The van der Waals surface area contributed by atoms with Crippen molar-refractivity contribution in [3.8, 4) is 0 Å². The molecule has 102 valence electrons. The van der Waals surface area contributed by atoms with Crippen LogP contribution in [0.2, 0.25) is 0 Å². The van der Waals surface area contributed by atoms with Crippen molar-refractivity contribution >= 4 is 35.8 Å². The van der Waals surface area contributed by atoms with Crippen LogP contribution in [0.3, 0.4) is 0 Å². The summed E-state index contributed by atoms with van der Waals surface area (Å²) in [5.41, 5.74) is 0. The quantitative estimate of drug-likeness (QED) is 0.654. The molecule has 0 aromatic heterocycles. The number of hydrogen-bond donors (Lipinski definition) is 0. The van der Waals surface area contributed by atoms with Gasteiger partial charge in [0.15, 0.2) is 0 Å². The van der Waals surface area contributed by atoms with Gasteiger partial charge in [-0.2, -0.15) is 0 Å². The molecule has 1 unspecified atom stereocenters. The lowest BCUT2D eigenvalue weighted by Gasteiger charge is -2.16. The molecule has 1 saturated heterocycles. The SMILES string of the molecule is CS(=O)(=O)CCS(=O)(=O)N1CCC(CCBr)C1. The highest BCUT2D eigenvalue weighted by Gasteiger charge is 2.31. The van der Waals surface area contributed by atoms with Crippen molar-refractivity contribution in [1.29, 1.82) is 0 Å². The highest BCUT2D eigenvalue weighted by Crippen LogP contribution is 2.23. The molecular weight excluding hydrogens is 330 g/mol. The van der Waals surface area contributed by atoms with Crippen LogP contribution in [0.1, 0.15) is 12.8 Å². The third-order valence-corrected chi connectivity index (χ3v) is 6.37. The first-order valence-corrected chi connectivity index (χ1v) is 10.3. The molecule has 8 heteroatoms. The van der Waals surface area contributed by atoms with E-state index in [1.54, 1.807) is 0 Å². The maximum atomic E-state index is 11.9. The van der Waals surface area contributed by atoms with Gasteiger partial charge in [-0.1, -0.05) is 15.9 Å². The summed E-state index contributed by atoms with van der Waals surface area (Å²) in [5.74, 6) is -0.204. The number of sulfone groups is 1. The van der Waals surface area contributed by atoms with Crippen molar-refractivity contribution < 1.29 is 16.8 Å². The predicted octanol–water partition coefficient (Wildman–Crippen LogP) is 0.468. The number of nitrogens with zero attached hydrogens (tertiary/aromatic N) is 1. The minimum Gasteiger partial charge on any atom is -0.229 e. The molecule has 0 aromatic rings. The van der Waals surface area contributed by atoms with E-state index in [4.69, 9.17) is 0 Å². The molecule has 1 aliphatic rings. The molecule has 17 heavy (non-hydrogen) atoms. The summed E-state index contributed by atoms with van der Waals surface area (Å²) in [5, 5.41) is 0.870. The molecule has 1 fully saturated rings. The van der Waals surface area contributed by atoms with Gasteiger partial charge in [-0.3, -0.25) is 0 Å². The van der Waals surface area contributed by atoms with Gasteiger partial charge in [-0.25, -0.2) is 21.1 Å². The molecule has 0 N–H and O–H groups in total. The Morgan fingerprint density at radius 3 is 2.41 bits per heavy atom. The molecule has 1 aliphatic heterocycles. The van der Waals surface area contributed by atoms with Gasteiger partial charge in [0.2, 0.25) is 10.0 Å². The van der Waals surface area contributed by atoms with E-state index in [0.29, 0.717) is 19.0 Å². The number of rotatable bonds is 6. The molecular formula is C9H18BrNO4S2. The Balaban J connectivity index is 2.55. The molecule has 0 radical (unpaired) electrons. The minimum atomic E-state index is -3.41. The maximum absolute atomic E-state index is 11.9. The fourth-order valence-corrected chi connectivity index (χ4v) is 5.61. The number of sulfonamides is 1. The number of halogens is 1. The van der Waals surface area contributed by atoms with E-state index in [1.165, 1.54) is 4.31 Å². The lowest BCUT2D eigenvalue weighted by molar-refractivity contribution is 0.455. The highest BCUT2D eigenvalue weighted by atomic mass is 79.9. The summed E-state index contributed by atoms with van der Waals surface area (Å²) < 4.78 is 47.1. The summed E-state index contributed by atoms with van der Waals surface area (Å²) in [4.78, 5) is 0. The molecule has 0 bridgehead atoms. The highest BCUT2D eigenvalue weighted by molar-refractivity contribution is 9.09. The van der Waals surface area contributed by atoms with Crippen LogP contribution in [-0.4, -0.2) is 57.3 Å². The Kier molecular flexibility index (Phi) is 5.42. The second-order valence-corrected chi connectivity index (χ2v) is 9.58. The van der Waals surface area contributed by atoms with Crippen LogP contribution in [0.4, 0.5) is 0 Å². The lowest BCUT2D eigenvalue weighted by Crippen LogP contribution is -2.33. The smallest absolute Gasteiger partial charge is 0.215 e. The van der Waals surface area contributed by atoms with Crippen LogP contribution in [0.25, 0.3) is 0 Å². The largest absolute Gasteiger partial charge is 0.229 e. The Bertz CT molecular complexity index is 446. The Hall–Kier alpha value is 0.340. The maximum Gasteiger partial charge on any atom is 0.215 e. The van der Waals surface area contributed by atoms with Crippen molar-refractivity contribution in [3.63, 3.8) is 0 Å². The summed E-state index contributed by atoms with van der Waals surface area (Å²) in [6.07, 6.45) is 2.88. The van der Waals surface area contributed by atoms with E-state index >= 15 is 0 Å². The van der Waals surface area contributed by atoms with E-state index in [9.17, 15) is 16.8 Å². The Labute approximate surface area is 112 Å². The van der Waals surface area contributed by atoms with Crippen molar-refractivity contribution in [2.45, 2.75) is 12.8 Å². The van der Waals surface area contributed by atoms with E-state index in [1.807, 2.05) is 0 Å². The molecule has 0 spiro atoms. The second kappa shape index (κ2) is 5.99. The average molecular weight is 348 g/mol. The van der Waals surface area contributed by atoms with Gasteiger partial charge in [-0.15, -0.1) is 0 Å². The average Bonchev–Trinajstić information content (AvgIpc) is 2.64. The van der Waals surface area contributed by atoms with Crippen molar-refractivity contribution in [3.05, 3.63) is 0 Å². The van der Waals surface area contributed by atoms with Crippen LogP contribution in [-0.2, 0) is 19.9 Å². The molecule has 5 nitrogen and oxygen atoms in total. The molecule has 1 rings (SSSR count). The zero-order chi connectivity index (χ0) is 13.1. The summed E-state index contributed by atoms with van der Waals surface area (Å²) in [7, 11) is -6.63. The van der Waals surface area contributed by atoms with Gasteiger partial charge in [0, 0.05) is 24.7 Å². The Morgan fingerprint density at radius 2 is 1.88 bits per heavy atom. The van der Waals surface area contributed by atoms with E-state index < -0.39 is 19.9 Å². The van der Waals surface area contributed by atoms with Crippen molar-refractivity contribution in [2.75, 3.05) is 36.2 Å². The van der Waals surface area contributed by atoms with Crippen LogP contribution in [0.5, 0.6) is 0 Å². The first-order chi connectivity index (χ1) is 7.74. The van der Waals surface area contributed by atoms with Crippen molar-refractivity contribution in [1.82, 2.24) is 4.31 Å². The molecule has 0 aliphatic carbocycles. The molecule has 0 saturated carbocycles. The summed E-state index contributed by atoms with van der Waals surface area (Å²) >= 11 is 3.34. The molecule has 0 aromatic carbocycles. The van der Waals surface area contributed by atoms with Gasteiger partial charge in [0.05, 0.1) is 11.5 Å². The van der Waals surface area contributed by atoms with Gasteiger partial charge in [0.1, 0.15) is 9.84 Å². The third-order valence-electron chi connectivity index (χ3n) is 2.87. The van der Waals surface area contributed by atoms with E-state index in [-0.39, 0.29) is 11.5 Å². The molecule has 1 atom stereocenters. The van der Waals surface area contributed by atoms with Gasteiger partial charge in [0.25, 0.3) is 0 Å². The Morgan fingerprint density at radius 1 is 1.24 bits per heavy atom. The van der Waals surface area contributed by atoms with Gasteiger partial charge in [-0.05, 0) is 18.8 Å². The first-order valence-electron chi connectivity index (χ1n) is 5.46.